The number of hydrogen-bond acceptors (Lipinski definition) is 2. The van der Waals surface area contributed by atoms with Crippen LogP contribution in [0.1, 0.15) is 25.7 Å². The summed E-state index contributed by atoms with van der Waals surface area (Å²) in [5, 5.41) is 3.36. The van der Waals surface area contributed by atoms with Gasteiger partial charge in [0.1, 0.15) is 0 Å². The van der Waals surface area contributed by atoms with Crippen molar-refractivity contribution in [2.24, 2.45) is 0 Å². The van der Waals surface area contributed by atoms with Gasteiger partial charge in [-0.05, 0) is 25.7 Å². The zero-order valence-corrected chi connectivity index (χ0v) is 36.4. The van der Waals surface area contributed by atoms with Crippen LogP contribution in [-0.2, 0) is 9.47 Å². The van der Waals surface area contributed by atoms with Crippen molar-refractivity contribution in [2.45, 2.75) is 104 Å². The third-order valence-corrected chi connectivity index (χ3v) is 63.1. The number of ether oxygens (including phenoxy) is 2. The Morgan fingerprint density at radius 2 is 0.634 bits per heavy atom. The molecule has 0 spiro atoms. The molecule has 2 nitrogen and oxygen atoms in total. The first-order valence-corrected chi connectivity index (χ1v) is 36.5. The smallest absolute Gasteiger partial charge is 0.381 e. The molecule has 0 radical (unpaired) electrons. The fraction of sp³-hybridized carbons (Fsp3) is 0.625. The van der Waals surface area contributed by atoms with E-state index in [9.17, 15) is 0 Å². The first-order valence-electron chi connectivity index (χ1n) is 15.5. The van der Waals surface area contributed by atoms with Gasteiger partial charge >= 0.3 is 23.1 Å². The molecule has 0 saturated carbocycles. The number of hydrogen-bond donors (Lipinski definition) is 0. The average molecular weight is 672 g/mol. The van der Waals surface area contributed by atoms with E-state index in [1.54, 1.807) is 10.4 Å². The van der Waals surface area contributed by atoms with Crippen molar-refractivity contribution in [1.29, 1.82) is 0 Å². The Bertz CT molecular complexity index is 791. The van der Waals surface area contributed by atoms with Gasteiger partial charge in [-0.15, -0.1) is 0 Å². The third kappa shape index (κ3) is 17.5. The van der Waals surface area contributed by atoms with Crippen molar-refractivity contribution in [3.8, 4) is 0 Å². The van der Waals surface area contributed by atoms with Crippen LogP contribution >= 0.6 is 0 Å². The summed E-state index contributed by atoms with van der Waals surface area (Å²) < 4.78 is 9.89. The fourth-order valence-electron chi connectivity index (χ4n) is 6.21. The first kappa shape index (κ1) is 41.4. The second kappa shape index (κ2) is 19.7. The summed E-state index contributed by atoms with van der Waals surface area (Å²) in [5.74, 6) is 0. The number of rotatable bonds is 6. The molecule has 0 N–H and O–H groups in total. The van der Waals surface area contributed by atoms with Crippen LogP contribution < -0.4 is 10.4 Å². The predicted octanol–water partition coefficient (Wildman–Crippen LogP) is 7.66. The van der Waals surface area contributed by atoms with Crippen molar-refractivity contribution in [3.05, 3.63) is 60.7 Å². The summed E-state index contributed by atoms with van der Waals surface area (Å²) in [6, 6.07) is 22.6. The van der Waals surface area contributed by atoms with E-state index in [1.165, 1.54) is 25.7 Å². The van der Waals surface area contributed by atoms with Gasteiger partial charge in [-0.1, -0.05) is 170 Å². The fourth-order valence-corrected chi connectivity index (χ4v) is 81.6. The molecule has 4 rings (SSSR count). The van der Waals surface area contributed by atoms with Gasteiger partial charge in [0.25, 0.3) is 0 Å². The van der Waals surface area contributed by atoms with Gasteiger partial charge in [0.05, 0.1) is 0 Å². The van der Waals surface area contributed by atoms with Crippen LogP contribution in [0.4, 0.5) is 0 Å². The molecule has 0 unspecified atom stereocenters. The second-order valence-electron chi connectivity index (χ2n) is 15.1. The van der Waals surface area contributed by atoms with E-state index < -0.39 is 30.4 Å². The van der Waals surface area contributed by atoms with E-state index in [0.717, 1.165) is 26.4 Å². The molecule has 2 aromatic rings. The summed E-state index contributed by atoms with van der Waals surface area (Å²) in [6.07, 6.45) is 5.11. The molecule has 2 aromatic carbocycles. The summed E-state index contributed by atoms with van der Waals surface area (Å²) >= 11 is 0. The molecule has 0 bridgehead atoms. The van der Waals surface area contributed by atoms with Crippen molar-refractivity contribution in [2.75, 3.05) is 26.4 Å². The van der Waals surface area contributed by atoms with Gasteiger partial charge in [0.2, 0.25) is 0 Å². The van der Waals surface area contributed by atoms with Crippen molar-refractivity contribution < 1.29 is 9.47 Å². The van der Waals surface area contributed by atoms with Crippen molar-refractivity contribution in [3.63, 3.8) is 0 Å². The largest absolute Gasteiger partial charge is 2.00 e. The van der Waals surface area contributed by atoms with Crippen LogP contribution in [0.2, 0.25) is 78.6 Å². The Labute approximate surface area is 278 Å². The molecule has 2 heterocycles. The zero-order valence-electron chi connectivity index (χ0n) is 29.0. The van der Waals surface area contributed by atoms with Crippen molar-refractivity contribution in [1.82, 2.24) is 0 Å². The van der Waals surface area contributed by atoms with Crippen LogP contribution in [0, 0.1) is 0 Å². The molecular formula is C32H62MgO2Si6. The molecule has 0 aromatic heterocycles. The molecular weight excluding hydrogens is 609 g/mol. The summed E-state index contributed by atoms with van der Waals surface area (Å²) in [5.41, 5.74) is 0. The summed E-state index contributed by atoms with van der Waals surface area (Å²) in [4.78, 5) is 0. The second-order valence-corrected chi connectivity index (χ2v) is 62.8. The van der Waals surface area contributed by atoms with E-state index in [0.29, 0.717) is 0 Å². The minimum absolute atomic E-state index is 0. The standard InChI is InChI=1S/2C12H23Si3.2C4H8O.Mg/c2*1-14(2,3)13(15(4,5)6)12-10-8-7-9-11-12;2*1-2-4-5-3-1;/h2*7-11H,1-6H3;2*1-4H2;/q2*-1;;;+2. The van der Waals surface area contributed by atoms with Crippen LogP contribution in [0.25, 0.3) is 0 Å². The third-order valence-electron chi connectivity index (χ3n) is 6.78. The van der Waals surface area contributed by atoms with Gasteiger partial charge in [-0.3, -0.25) is 15.7 Å². The minimum Gasteiger partial charge on any atom is -0.381 e. The van der Waals surface area contributed by atoms with Gasteiger partial charge < -0.3 is 9.47 Å². The van der Waals surface area contributed by atoms with E-state index in [2.05, 4.69) is 139 Å². The maximum atomic E-state index is 4.94. The summed E-state index contributed by atoms with van der Waals surface area (Å²) in [6.45, 7) is 34.6. The van der Waals surface area contributed by atoms with Crippen LogP contribution in [-0.4, -0.2) is 95.5 Å². The Morgan fingerprint density at radius 1 is 0.415 bits per heavy atom. The Kier molecular flexibility index (Phi) is 19.9. The topological polar surface area (TPSA) is 18.5 Å². The molecule has 0 aliphatic carbocycles. The molecule has 0 atom stereocenters. The quantitative estimate of drug-likeness (QED) is 0.294. The Hall–Kier alpha value is 0.428. The van der Waals surface area contributed by atoms with Crippen LogP contribution in [0.15, 0.2) is 60.7 Å². The SMILES string of the molecule is C1CCOC1.C1CCOC1.C[Si](C)(C)[Si-](c1ccccc1)[Si](C)(C)C.C[Si](C)(C)[Si-](c1ccccc1)[Si](C)(C)C.[Mg+2]. The van der Waals surface area contributed by atoms with Gasteiger partial charge in [-0.25, -0.2) is 10.4 Å². The van der Waals surface area contributed by atoms with Crippen LogP contribution in [0.5, 0.6) is 0 Å². The van der Waals surface area contributed by atoms with E-state index >= 15 is 0 Å². The minimum atomic E-state index is -0.999. The molecule has 2 fully saturated rings. The first-order chi connectivity index (χ1) is 18.5. The zero-order chi connectivity index (χ0) is 30.5. The van der Waals surface area contributed by atoms with Crippen LogP contribution in [0.3, 0.4) is 0 Å². The van der Waals surface area contributed by atoms with Gasteiger partial charge in [0.15, 0.2) is 0 Å². The number of benzene rings is 2. The molecule has 2 aliphatic heterocycles. The van der Waals surface area contributed by atoms with Gasteiger partial charge in [0, 0.05) is 26.4 Å². The monoisotopic (exact) mass is 670 g/mol. The molecule has 41 heavy (non-hydrogen) atoms. The molecule has 2 saturated heterocycles. The predicted molar refractivity (Wildman–Crippen MR) is 203 cm³/mol. The van der Waals surface area contributed by atoms with Gasteiger partial charge in [-0.2, -0.15) is 0 Å². The van der Waals surface area contributed by atoms with E-state index in [4.69, 9.17) is 9.47 Å². The molecule has 228 valence electrons. The molecule has 9 heteroatoms. The van der Waals surface area contributed by atoms with E-state index in [1.807, 2.05) is 0 Å². The summed E-state index contributed by atoms with van der Waals surface area (Å²) in [7, 11) is -4.55. The average Bonchev–Trinajstić information content (AvgIpc) is 3.56. The normalized spacial score (nSPS) is 15.1. The maximum absolute atomic E-state index is 4.94. The van der Waals surface area contributed by atoms with Crippen molar-refractivity contribution >= 4 is 79.5 Å². The maximum Gasteiger partial charge on any atom is 2.00 e. The molecule has 0 amide bonds. The Morgan fingerprint density at radius 3 is 0.780 bits per heavy atom. The molecule has 2 aliphatic rings. The Balaban J connectivity index is 0.000000573. The van der Waals surface area contributed by atoms with E-state index in [-0.39, 0.29) is 38.7 Å².